The number of carbonyl (C=O) groups is 1. The quantitative estimate of drug-likeness (QED) is 0.523. The van der Waals surface area contributed by atoms with E-state index in [0.717, 1.165) is 16.8 Å². The predicted molar refractivity (Wildman–Crippen MR) is 113 cm³/mol. The summed E-state index contributed by atoms with van der Waals surface area (Å²) in [6, 6.07) is 12.9. The second-order valence-corrected chi connectivity index (χ2v) is 7.37. The summed E-state index contributed by atoms with van der Waals surface area (Å²) in [6.07, 6.45) is 3.51. The predicted octanol–water partition coefficient (Wildman–Crippen LogP) is 3.68. The van der Waals surface area contributed by atoms with E-state index in [0.29, 0.717) is 17.4 Å². The van der Waals surface area contributed by atoms with E-state index in [1.165, 1.54) is 0 Å². The van der Waals surface area contributed by atoms with Gasteiger partial charge in [-0.3, -0.25) is 4.79 Å². The second kappa shape index (κ2) is 7.77. The Bertz CT molecular complexity index is 1260. The second-order valence-electron chi connectivity index (χ2n) is 6.98. The zero-order valence-corrected chi connectivity index (χ0v) is 17.1. The number of carbonyl (C=O) groups excluding carboxylic acids is 1. The first-order chi connectivity index (χ1) is 15.1. The molecule has 0 bridgehead atoms. The minimum Gasteiger partial charge on any atom is -0.424 e. The Balaban J connectivity index is 1.54. The van der Waals surface area contributed by atoms with Crippen LogP contribution < -0.4 is 10.1 Å². The molecule has 0 aliphatic carbocycles. The lowest BCUT2D eigenvalue weighted by molar-refractivity contribution is -0.116. The standard InChI is InChI=1S/C21H16ClN7O2/c1-12-19-15(13-4-2-5-14(10-13)31-21-23-8-3-9-24-21)11-18(30)25-20(19)29(28-12)17-7-6-16(22)26-27-17/h2-10,15H,11H2,1H3,(H,25,30)/t15-/m1/s1. The number of nitrogens with zero attached hydrogens (tertiary/aromatic N) is 6. The lowest BCUT2D eigenvalue weighted by Gasteiger charge is -2.24. The highest BCUT2D eigenvalue weighted by Gasteiger charge is 2.33. The van der Waals surface area contributed by atoms with Crippen molar-refractivity contribution in [2.24, 2.45) is 0 Å². The molecular weight excluding hydrogens is 418 g/mol. The summed E-state index contributed by atoms with van der Waals surface area (Å²) >= 11 is 5.85. The van der Waals surface area contributed by atoms with Crippen LogP contribution >= 0.6 is 11.6 Å². The number of anilines is 1. The van der Waals surface area contributed by atoms with Crippen LogP contribution in [0.2, 0.25) is 5.15 Å². The Hall–Kier alpha value is -3.85. The van der Waals surface area contributed by atoms with E-state index in [4.69, 9.17) is 16.3 Å². The number of fused-ring (bicyclic) bond motifs is 1. The number of halogens is 1. The summed E-state index contributed by atoms with van der Waals surface area (Å²) in [5.74, 6) is 1.32. The van der Waals surface area contributed by atoms with Gasteiger partial charge in [-0.25, -0.2) is 9.97 Å². The lowest BCUT2D eigenvalue weighted by Crippen LogP contribution is -2.25. The van der Waals surface area contributed by atoms with Gasteiger partial charge < -0.3 is 10.1 Å². The molecule has 154 valence electrons. The Morgan fingerprint density at radius 3 is 2.74 bits per heavy atom. The zero-order valence-electron chi connectivity index (χ0n) is 16.4. The average Bonchev–Trinajstić information content (AvgIpc) is 3.11. The van der Waals surface area contributed by atoms with E-state index < -0.39 is 0 Å². The fourth-order valence-electron chi connectivity index (χ4n) is 3.66. The molecule has 9 nitrogen and oxygen atoms in total. The Labute approximate surface area is 182 Å². The number of rotatable bonds is 4. The van der Waals surface area contributed by atoms with E-state index in [9.17, 15) is 4.79 Å². The van der Waals surface area contributed by atoms with Crippen molar-refractivity contribution in [1.82, 2.24) is 29.9 Å². The van der Waals surface area contributed by atoms with Crippen LogP contribution in [0.1, 0.15) is 29.2 Å². The molecule has 5 rings (SSSR count). The lowest BCUT2D eigenvalue weighted by atomic mass is 9.86. The third-order valence-electron chi connectivity index (χ3n) is 4.95. The number of amides is 1. The molecule has 4 aromatic rings. The summed E-state index contributed by atoms with van der Waals surface area (Å²) in [5, 5.41) is 15.8. The average molecular weight is 434 g/mol. The number of nitrogens with one attached hydrogen (secondary N) is 1. The number of aromatic nitrogens is 6. The molecule has 0 spiro atoms. The van der Waals surface area contributed by atoms with Gasteiger partial charge >= 0.3 is 6.01 Å². The Morgan fingerprint density at radius 2 is 1.97 bits per heavy atom. The largest absolute Gasteiger partial charge is 0.424 e. The van der Waals surface area contributed by atoms with Crippen LogP contribution in [0.15, 0.2) is 54.9 Å². The molecule has 10 heteroatoms. The van der Waals surface area contributed by atoms with E-state index >= 15 is 0 Å². The van der Waals surface area contributed by atoms with Crippen molar-refractivity contribution in [3.63, 3.8) is 0 Å². The van der Waals surface area contributed by atoms with Crippen LogP contribution in [0.25, 0.3) is 5.82 Å². The van der Waals surface area contributed by atoms with Gasteiger partial charge in [-0.05, 0) is 42.8 Å². The maximum absolute atomic E-state index is 12.6. The SMILES string of the molecule is Cc1nn(-c2ccc(Cl)nn2)c2c1[C@@H](c1cccc(Oc3ncccn3)c1)CC(=O)N2. The highest BCUT2D eigenvalue weighted by atomic mass is 35.5. The van der Waals surface area contributed by atoms with Crippen molar-refractivity contribution in [3.05, 3.63) is 76.8 Å². The van der Waals surface area contributed by atoms with Gasteiger partial charge in [0.1, 0.15) is 11.6 Å². The molecule has 1 aliphatic rings. The molecule has 0 fully saturated rings. The number of aryl methyl sites for hydroxylation is 1. The molecule has 1 aromatic carbocycles. The molecule has 31 heavy (non-hydrogen) atoms. The van der Waals surface area contributed by atoms with E-state index in [-0.39, 0.29) is 29.4 Å². The fraction of sp³-hybridized carbons (Fsp3) is 0.143. The normalized spacial score (nSPS) is 15.3. The molecule has 0 radical (unpaired) electrons. The monoisotopic (exact) mass is 433 g/mol. The van der Waals surface area contributed by atoms with E-state index in [2.05, 4.69) is 30.6 Å². The van der Waals surface area contributed by atoms with Crippen LogP contribution in [0.5, 0.6) is 11.8 Å². The van der Waals surface area contributed by atoms with E-state index in [1.54, 1.807) is 35.3 Å². The van der Waals surface area contributed by atoms with Crippen LogP contribution in [0.4, 0.5) is 5.82 Å². The molecule has 1 amide bonds. The first kappa shape index (κ1) is 19.1. The maximum atomic E-state index is 12.6. The van der Waals surface area contributed by atoms with Crippen molar-refractivity contribution >= 4 is 23.3 Å². The third kappa shape index (κ3) is 3.71. The highest BCUT2D eigenvalue weighted by Crippen LogP contribution is 2.40. The van der Waals surface area contributed by atoms with Crippen LogP contribution in [-0.4, -0.2) is 35.9 Å². The molecule has 1 aliphatic heterocycles. The van der Waals surface area contributed by atoms with E-state index in [1.807, 2.05) is 31.2 Å². The molecule has 0 saturated carbocycles. The molecule has 0 unspecified atom stereocenters. The van der Waals surface area contributed by atoms with Gasteiger partial charge in [0.05, 0.1) is 5.69 Å². The summed E-state index contributed by atoms with van der Waals surface area (Å²) in [5.41, 5.74) is 2.63. The molecule has 1 N–H and O–H groups in total. The summed E-state index contributed by atoms with van der Waals surface area (Å²) in [4.78, 5) is 20.7. The van der Waals surface area contributed by atoms with Gasteiger partial charge in [0.15, 0.2) is 11.0 Å². The minimum atomic E-state index is -0.196. The van der Waals surface area contributed by atoms with Crippen LogP contribution in [0, 0.1) is 6.92 Å². The van der Waals surface area contributed by atoms with Crippen LogP contribution in [0.3, 0.4) is 0 Å². The molecule has 4 heterocycles. The van der Waals surface area contributed by atoms with Gasteiger partial charge in [0.2, 0.25) is 5.91 Å². The van der Waals surface area contributed by atoms with Gasteiger partial charge in [-0.15, -0.1) is 10.2 Å². The molecule has 3 aromatic heterocycles. The van der Waals surface area contributed by atoms with Gasteiger partial charge in [-0.2, -0.15) is 9.78 Å². The summed E-state index contributed by atoms with van der Waals surface area (Å²) < 4.78 is 7.35. The van der Waals surface area contributed by atoms with Gasteiger partial charge in [0.25, 0.3) is 0 Å². The third-order valence-corrected chi connectivity index (χ3v) is 5.15. The molecular formula is C21H16ClN7O2. The van der Waals surface area contributed by atoms with Crippen LogP contribution in [-0.2, 0) is 4.79 Å². The summed E-state index contributed by atoms with van der Waals surface area (Å²) in [6.45, 7) is 1.90. The first-order valence-corrected chi connectivity index (χ1v) is 9.90. The molecule has 1 atom stereocenters. The van der Waals surface area contributed by atoms with Crippen molar-refractivity contribution in [2.45, 2.75) is 19.3 Å². The van der Waals surface area contributed by atoms with Crippen molar-refractivity contribution in [2.75, 3.05) is 5.32 Å². The Kier molecular flexibility index (Phi) is 4.79. The number of benzene rings is 1. The van der Waals surface area contributed by atoms with Gasteiger partial charge in [0, 0.05) is 30.3 Å². The van der Waals surface area contributed by atoms with Crippen molar-refractivity contribution in [3.8, 4) is 17.6 Å². The fourth-order valence-corrected chi connectivity index (χ4v) is 3.76. The zero-order chi connectivity index (χ0) is 21.4. The topological polar surface area (TPSA) is 108 Å². The summed E-state index contributed by atoms with van der Waals surface area (Å²) in [7, 11) is 0. The van der Waals surface area contributed by atoms with Crippen molar-refractivity contribution in [1.29, 1.82) is 0 Å². The highest BCUT2D eigenvalue weighted by molar-refractivity contribution is 6.29. The maximum Gasteiger partial charge on any atom is 0.321 e. The minimum absolute atomic E-state index is 0.113. The molecule has 0 saturated heterocycles. The van der Waals surface area contributed by atoms with Gasteiger partial charge in [-0.1, -0.05) is 23.7 Å². The number of ether oxygens (including phenoxy) is 1. The first-order valence-electron chi connectivity index (χ1n) is 9.52. The number of hydrogen-bond donors (Lipinski definition) is 1. The number of hydrogen-bond acceptors (Lipinski definition) is 7. The van der Waals surface area contributed by atoms with Crippen molar-refractivity contribution < 1.29 is 9.53 Å². The Morgan fingerprint density at radius 1 is 1.13 bits per heavy atom. The smallest absolute Gasteiger partial charge is 0.321 e.